The van der Waals surface area contributed by atoms with Crippen molar-refractivity contribution < 1.29 is 4.42 Å². The minimum absolute atomic E-state index is 0.629. The molecule has 0 aliphatic carbocycles. The maximum Gasteiger partial charge on any atom is 0.164 e. The van der Waals surface area contributed by atoms with Gasteiger partial charge in [0.05, 0.1) is 0 Å². The van der Waals surface area contributed by atoms with E-state index in [1.165, 1.54) is 37.7 Å². The van der Waals surface area contributed by atoms with Gasteiger partial charge in [-0.2, -0.15) is 0 Å². The van der Waals surface area contributed by atoms with Crippen molar-refractivity contribution in [3.8, 4) is 56.4 Å². The molecule has 4 heteroatoms. The van der Waals surface area contributed by atoms with Gasteiger partial charge in [0.25, 0.3) is 0 Å². The average molecular weight is 726 g/mol. The molecule has 0 unspecified atom stereocenters. The molecule has 0 N–H and O–H groups in total. The maximum atomic E-state index is 6.42. The topological polar surface area (TPSA) is 51.8 Å². The number of nitrogens with zero attached hydrogens (tertiary/aromatic N) is 3. The van der Waals surface area contributed by atoms with E-state index in [4.69, 9.17) is 19.4 Å². The molecule has 10 aromatic carbocycles. The second-order valence-corrected chi connectivity index (χ2v) is 14.7. The molecule has 2 aromatic heterocycles. The summed E-state index contributed by atoms with van der Waals surface area (Å²) in [4.78, 5) is 15.5. The molecular formula is C53H31N3O. The van der Waals surface area contributed by atoms with E-state index in [0.29, 0.717) is 17.5 Å². The number of rotatable bonds is 5. The van der Waals surface area contributed by atoms with Gasteiger partial charge < -0.3 is 4.42 Å². The maximum absolute atomic E-state index is 6.42. The fraction of sp³-hybridized carbons (Fsp3) is 0. The zero-order valence-corrected chi connectivity index (χ0v) is 30.6. The second kappa shape index (κ2) is 12.4. The highest BCUT2D eigenvalue weighted by molar-refractivity contribution is 6.25. The summed E-state index contributed by atoms with van der Waals surface area (Å²) in [6.07, 6.45) is 0. The monoisotopic (exact) mass is 725 g/mol. The molecule has 264 valence electrons. The van der Waals surface area contributed by atoms with Crippen molar-refractivity contribution in [1.82, 2.24) is 15.0 Å². The van der Waals surface area contributed by atoms with E-state index in [2.05, 4.69) is 158 Å². The lowest BCUT2D eigenvalue weighted by molar-refractivity contribution is 0.669. The molecule has 0 amide bonds. The molecular weight excluding hydrogens is 695 g/mol. The van der Waals surface area contributed by atoms with Crippen LogP contribution in [0.3, 0.4) is 0 Å². The molecule has 0 saturated heterocycles. The van der Waals surface area contributed by atoms with Gasteiger partial charge in [-0.05, 0) is 95.7 Å². The molecule has 57 heavy (non-hydrogen) atoms. The summed E-state index contributed by atoms with van der Waals surface area (Å²) in [5.74, 6) is 1.92. The van der Waals surface area contributed by atoms with E-state index in [-0.39, 0.29) is 0 Å². The molecule has 0 spiro atoms. The van der Waals surface area contributed by atoms with E-state index in [1.807, 2.05) is 30.3 Å². The van der Waals surface area contributed by atoms with Gasteiger partial charge in [0.2, 0.25) is 0 Å². The molecule has 0 bridgehead atoms. The molecule has 12 rings (SSSR count). The van der Waals surface area contributed by atoms with Crippen molar-refractivity contribution >= 4 is 65.0 Å². The zero-order valence-electron chi connectivity index (χ0n) is 30.6. The number of benzene rings is 10. The van der Waals surface area contributed by atoms with Crippen molar-refractivity contribution in [2.24, 2.45) is 0 Å². The third kappa shape index (κ3) is 5.04. The van der Waals surface area contributed by atoms with Crippen molar-refractivity contribution in [3.05, 3.63) is 188 Å². The number of aromatic nitrogens is 3. The predicted octanol–water partition coefficient (Wildman–Crippen LogP) is 14.2. The van der Waals surface area contributed by atoms with Gasteiger partial charge in [0, 0.05) is 27.5 Å². The molecule has 0 atom stereocenters. The van der Waals surface area contributed by atoms with Crippen LogP contribution >= 0.6 is 0 Å². The Morgan fingerprint density at radius 1 is 0.281 bits per heavy atom. The lowest BCUT2D eigenvalue weighted by atomic mass is 9.92. The highest BCUT2D eigenvalue weighted by Gasteiger charge is 2.19. The highest BCUT2D eigenvalue weighted by Crippen LogP contribution is 2.42. The first-order valence-corrected chi connectivity index (χ1v) is 19.3. The smallest absolute Gasteiger partial charge is 0.164 e. The molecule has 0 radical (unpaired) electrons. The SMILES string of the molecule is c1ccc(-c2nc(-c3cccc(-c4cccc(-c5cc6oc7ccccc7c6c6ccccc56)c4)c3)nc(-c3ccc4ccc5cccc6ccc3c4c56)n2)cc1. The van der Waals surface area contributed by atoms with Gasteiger partial charge >= 0.3 is 0 Å². The Labute approximate surface area is 327 Å². The van der Waals surface area contributed by atoms with E-state index in [0.717, 1.165) is 66.3 Å². The van der Waals surface area contributed by atoms with Crippen molar-refractivity contribution in [3.63, 3.8) is 0 Å². The van der Waals surface area contributed by atoms with E-state index < -0.39 is 0 Å². The molecule has 4 nitrogen and oxygen atoms in total. The largest absolute Gasteiger partial charge is 0.456 e. The van der Waals surface area contributed by atoms with Crippen LogP contribution in [0.15, 0.2) is 192 Å². The lowest BCUT2D eigenvalue weighted by Gasteiger charge is -2.14. The number of fused-ring (bicyclic) bond motifs is 5. The van der Waals surface area contributed by atoms with Crippen molar-refractivity contribution in [1.29, 1.82) is 0 Å². The summed E-state index contributed by atoms with van der Waals surface area (Å²) in [7, 11) is 0. The number of hydrogen-bond donors (Lipinski definition) is 0. The lowest BCUT2D eigenvalue weighted by Crippen LogP contribution is -2.01. The van der Waals surface area contributed by atoms with Crippen LogP contribution in [-0.4, -0.2) is 15.0 Å². The molecule has 0 aliphatic heterocycles. The van der Waals surface area contributed by atoms with Crippen molar-refractivity contribution in [2.75, 3.05) is 0 Å². The molecule has 2 heterocycles. The molecule has 0 saturated carbocycles. The van der Waals surface area contributed by atoms with Crippen LogP contribution in [0.5, 0.6) is 0 Å². The minimum Gasteiger partial charge on any atom is -0.456 e. The second-order valence-electron chi connectivity index (χ2n) is 14.7. The first-order valence-electron chi connectivity index (χ1n) is 19.3. The molecule has 12 aromatic rings. The Morgan fingerprint density at radius 3 is 1.65 bits per heavy atom. The fourth-order valence-corrected chi connectivity index (χ4v) is 8.80. The minimum atomic E-state index is 0.629. The normalized spacial score (nSPS) is 11.9. The zero-order chi connectivity index (χ0) is 37.5. The standard InChI is InChI=1S/C53H31N3O/c1-2-11-35(12-3-1)51-54-52(56-53(55-51)43-28-26-34-24-23-32-13-8-14-33-25-27-42(43)49(34)48(32)33)39-18-10-16-37(30-39)36-15-9-17-38(29-36)45-31-47-50(41-20-5-4-19-40(41)45)44-21-6-7-22-46(44)57-47/h1-31H. The summed E-state index contributed by atoms with van der Waals surface area (Å²) in [5.41, 5.74) is 9.08. The number of hydrogen-bond acceptors (Lipinski definition) is 4. The Morgan fingerprint density at radius 2 is 0.842 bits per heavy atom. The summed E-state index contributed by atoms with van der Waals surface area (Å²) in [5, 5.41) is 12.0. The van der Waals surface area contributed by atoms with E-state index >= 15 is 0 Å². The molecule has 0 fully saturated rings. The van der Waals surface area contributed by atoms with Gasteiger partial charge in [-0.3, -0.25) is 0 Å². The summed E-state index contributed by atoms with van der Waals surface area (Å²) >= 11 is 0. The van der Waals surface area contributed by atoms with E-state index in [1.54, 1.807) is 0 Å². The van der Waals surface area contributed by atoms with Gasteiger partial charge in [-0.15, -0.1) is 0 Å². The predicted molar refractivity (Wildman–Crippen MR) is 235 cm³/mol. The van der Waals surface area contributed by atoms with Gasteiger partial charge in [-0.1, -0.05) is 158 Å². The van der Waals surface area contributed by atoms with Crippen LogP contribution in [0.2, 0.25) is 0 Å². The number of furan rings is 1. The van der Waals surface area contributed by atoms with E-state index in [9.17, 15) is 0 Å². The van der Waals surface area contributed by atoms with Gasteiger partial charge in [0.15, 0.2) is 17.5 Å². The quantitative estimate of drug-likeness (QED) is 0.166. The Hall–Kier alpha value is -7.69. The number of para-hydroxylation sites is 1. The summed E-state index contributed by atoms with van der Waals surface area (Å²) in [6, 6.07) is 66.3. The first-order chi connectivity index (χ1) is 28.2. The van der Waals surface area contributed by atoms with Crippen LogP contribution in [0.25, 0.3) is 121 Å². The summed E-state index contributed by atoms with van der Waals surface area (Å²) < 4.78 is 6.42. The molecule has 0 aliphatic rings. The third-order valence-electron chi connectivity index (χ3n) is 11.4. The summed E-state index contributed by atoms with van der Waals surface area (Å²) in [6.45, 7) is 0. The fourth-order valence-electron chi connectivity index (χ4n) is 8.80. The van der Waals surface area contributed by atoms with Crippen molar-refractivity contribution in [2.45, 2.75) is 0 Å². The highest BCUT2D eigenvalue weighted by atomic mass is 16.3. The first kappa shape index (κ1) is 31.6. The Kier molecular flexibility index (Phi) is 6.89. The van der Waals surface area contributed by atoms with Gasteiger partial charge in [-0.25, -0.2) is 15.0 Å². The van der Waals surface area contributed by atoms with Gasteiger partial charge in [0.1, 0.15) is 11.2 Å². The Bertz CT molecular complexity index is 3520. The van der Waals surface area contributed by atoms with Crippen LogP contribution in [-0.2, 0) is 0 Å². The van der Waals surface area contributed by atoms with Crippen LogP contribution < -0.4 is 0 Å². The van der Waals surface area contributed by atoms with Crippen LogP contribution in [0, 0.1) is 0 Å². The van der Waals surface area contributed by atoms with Crippen LogP contribution in [0.4, 0.5) is 0 Å². The third-order valence-corrected chi connectivity index (χ3v) is 11.4. The Balaban J connectivity index is 1.01. The van der Waals surface area contributed by atoms with Crippen LogP contribution in [0.1, 0.15) is 0 Å². The average Bonchev–Trinajstić information content (AvgIpc) is 3.67.